The molecule has 0 heterocycles. The molecule has 0 aliphatic carbocycles. The van der Waals surface area contributed by atoms with Gasteiger partial charge in [-0.15, -0.1) is 0 Å². The van der Waals surface area contributed by atoms with Crippen LogP contribution in [0.5, 0.6) is 0 Å². The Balaban J connectivity index is 2.47. The fourth-order valence-electron chi connectivity index (χ4n) is 1.18. The van der Waals surface area contributed by atoms with Crippen molar-refractivity contribution in [3.8, 4) is 0 Å². The second-order valence-electron chi connectivity index (χ2n) is 3.87. The molecular weight excluding hydrogens is 254 g/mol. The van der Waals surface area contributed by atoms with Gasteiger partial charge < -0.3 is 10.4 Å². The van der Waals surface area contributed by atoms with Gasteiger partial charge in [-0.1, -0.05) is 30.7 Å². The van der Waals surface area contributed by atoms with Crippen molar-refractivity contribution < 1.29 is 14.7 Å². The zero-order chi connectivity index (χ0) is 13.5. The first-order valence-corrected chi connectivity index (χ1v) is 5.81. The van der Waals surface area contributed by atoms with Crippen molar-refractivity contribution in [2.45, 2.75) is 6.92 Å². The highest BCUT2D eigenvalue weighted by Gasteiger charge is 2.10. The summed E-state index contributed by atoms with van der Waals surface area (Å²) in [6, 6.07) is 7.07. The van der Waals surface area contributed by atoms with E-state index in [1.165, 1.54) is 13.0 Å². The Hall–Kier alpha value is -1.81. The van der Waals surface area contributed by atoms with Gasteiger partial charge in [-0.25, -0.2) is 0 Å². The van der Waals surface area contributed by atoms with Crippen molar-refractivity contribution >= 4 is 29.6 Å². The number of halogens is 1. The molecule has 1 rings (SSSR count). The number of carbonyl (C=O) groups excluding carboxylic acids is 1. The van der Waals surface area contributed by atoms with Gasteiger partial charge in [0.25, 0.3) is 0 Å². The van der Waals surface area contributed by atoms with E-state index >= 15 is 0 Å². The second-order valence-corrected chi connectivity index (χ2v) is 4.31. The number of hydrogen-bond acceptors (Lipinski definition) is 2. The molecule has 1 unspecified atom stereocenters. The van der Waals surface area contributed by atoms with Crippen molar-refractivity contribution in [1.29, 1.82) is 0 Å². The van der Waals surface area contributed by atoms with Gasteiger partial charge in [-0.05, 0) is 23.8 Å². The van der Waals surface area contributed by atoms with Crippen molar-refractivity contribution in [1.82, 2.24) is 5.32 Å². The minimum absolute atomic E-state index is 0.105. The third-order valence-corrected chi connectivity index (χ3v) is 2.51. The number of carboxylic acid groups (broad SMARTS) is 1. The van der Waals surface area contributed by atoms with Crippen LogP contribution in [-0.2, 0) is 9.59 Å². The number of benzene rings is 1. The Labute approximate surface area is 110 Å². The average Bonchev–Trinajstić information content (AvgIpc) is 2.33. The van der Waals surface area contributed by atoms with Crippen molar-refractivity contribution in [3.05, 3.63) is 40.9 Å². The molecular formula is C13H14ClNO3. The van der Waals surface area contributed by atoms with E-state index in [1.807, 2.05) is 6.07 Å². The Bertz CT molecular complexity index is 471. The lowest BCUT2D eigenvalue weighted by Crippen LogP contribution is -2.30. The van der Waals surface area contributed by atoms with E-state index < -0.39 is 11.9 Å². The summed E-state index contributed by atoms with van der Waals surface area (Å²) in [6.45, 7) is 1.64. The Kier molecular flexibility index (Phi) is 5.39. The minimum Gasteiger partial charge on any atom is -0.481 e. The topological polar surface area (TPSA) is 66.4 Å². The highest BCUT2D eigenvalue weighted by Crippen LogP contribution is 2.11. The van der Waals surface area contributed by atoms with Gasteiger partial charge in [-0.2, -0.15) is 0 Å². The number of nitrogens with one attached hydrogen (secondary N) is 1. The van der Waals surface area contributed by atoms with Gasteiger partial charge in [0.05, 0.1) is 5.92 Å². The summed E-state index contributed by atoms with van der Waals surface area (Å²) in [7, 11) is 0. The first kappa shape index (κ1) is 14.3. The number of carbonyl (C=O) groups is 2. The molecule has 5 heteroatoms. The van der Waals surface area contributed by atoms with E-state index in [9.17, 15) is 9.59 Å². The van der Waals surface area contributed by atoms with Crippen LogP contribution in [0.1, 0.15) is 12.5 Å². The van der Waals surface area contributed by atoms with Crippen LogP contribution in [-0.4, -0.2) is 23.5 Å². The van der Waals surface area contributed by atoms with E-state index in [4.69, 9.17) is 16.7 Å². The fourth-order valence-corrected chi connectivity index (χ4v) is 1.38. The van der Waals surface area contributed by atoms with E-state index in [0.29, 0.717) is 5.02 Å². The van der Waals surface area contributed by atoms with E-state index in [-0.39, 0.29) is 12.5 Å². The number of rotatable bonds is 5. The average molecular weight is 268 g/mol. The largest absolute Gasteiger partial charge is 0.481 e. The van der Waals surface area contributed by atoms with Crippen LogP contribution in [0.2, 0.25) is 5.02 Å². The molecule has 0 radical (unpaired) electrons. The van der Waals surface area contributed by atoms with Gasteiger partial charge in [0.1, 0.15) is 0 Å². The molecule has 0 saturated carbocycles. The molecule has 0 fully saturated rings. The molecule has 96 valence electrons. The molecule has 18 heavy (non-hydrogen) atoms. The smallest absolute Gasteiger partial charge is 0.308 e. The van der Waals surface area contributed by atoms with Crippen LogP contribution in [0.3, 0.4) is 0 Å². The molecule has 4 nitrogen and oxygen atoms in total. The third kappa shape index (κ3) is 5.01. The molecule has 0 aliphatic heterocycles. The van der Waals surface area contributed by atoms with Crippen LogP contribution < -0.4 is 5.32 Å². The second kappa shape index (κ2) is 6.81. The molecule has 0 aromatic heterocycles. The number of hydrogen-bond donors (Lipinski definition) is 2. The van der Waals surface area contributed by atoms with E-state index in [0.717, 1.165) is 5.56 Å². The SMILES string of the molecule is CC(CNC(=O)C=Cc1cccc(Cl)c1)C(=O)O. The highest BCUT2D eigenvalue weighted by molar-refractivity contribution is 6.30. The lowest BCUT2D eigenvalue weighted by atomic mass is 10.2. The third-order valence-electron chi connectivity index (χ3n) is 2.28. The predicted molar refractivity (Wildman–Crippen MR) is 70.3 cm³/mol. The van der Waals surface area contributed by atoms with Gasteiger partial charge in [0.2, 0.25) is 5.91 Å². The van der Waals surface area contributed by atoms with E-state index in [1.54, 1.807) is 24.3 Å². The summed E-state index contributed by atoms with van der Waals surface area (Å²) in [4.78, 5) is 21.9. The standard InChI is InChI=1S/C13H14ClNO3/c1-9(13(17)18)8-15-12(16)6-5-10-3-2-4-11(14)7-10/h2-7,9H,8H2,1H3,(H,15,16)(H,17,18). The maximum atomic E-state index is 11.4. The summed E-state index contributed by atoms with van der Waals surface area (Å²) in [5.41, 5.74) is 0.809. The summed E-state index contributed by atoms with van der Waals surface area (Å²) in [5.74, 6) is -1.87. The number of amides is 1. The van der Waals surface area contributed by atoms with Gasteiger partial charge in [-0.3, -0.25) is 9.59 Å². The predicted octanol–water partition coefficient (Wildman–Crippen LogP) is 2.19. The number of carboxylic acids is 1. The summed E-state index contributed by atoms with van der Waals surface area (Å²) >= 11 is 5.80. The zero-order valence-corrected chi connectivity index (χ0v) is 10.6. The quantitative estimate of drug-likeness (QED) is 0.804. The summed E-state index contributed by atoms with van der Waals surface area (Å²) in [5, 5.41) is 11.8. The minimum atomic E-state index is -0.936. The van der Waals surface area contributed by atoms with E-state index in [2.05, 4.69) is 5.32 Å². The first-order chi connectivity index (χ1) is 8.49. The van der Waals surface area contributed by atoms with Gasteiger partial charge in [0.15, 0.2) is 0 Å². The first-order valence-electron chi connectivity index (χ1n) is 5.43. The Morgan fingerprint density at radius 3 is 2.83 bits per heavy atom. The van der Waals surface area contributed by atoms with Gasteiger partial charge in [0, 0.05) is 17.6 Å². The van der Waals surface area contributed by atoms with Crippen LogP contribution in [0.25, 0.3) is 6.08 Å². The molecule has 0 spiro atoms. The number of aliphatic carboxylic acids is 1. The maximum Gasteiger partial charge on any atom is 0.308 e. The lowest BCUT2D eigenvalue weighted by Gasteiger charge is -2.05. The monoisotopic (exact) mass is 267 g/mol. The Morgan fingerprint density at radius 2 is 2.22 bits per heavy atom. The van der Waals surface area contributed by atoms with Gasteiger partial charge >= 0.3 is 5.97 Å². The van der Waals surface area contributed by atoms with Crippen LogP contribution in [0.4, 0.5) is 0 Å². The van der Waals surface area contributed by atoms with Crippen molar-refractivity contribution in [2.75, 3.05) is 6.54 Å². The van der Waals surface area contributed by atoms with Crippen molar-refractivity contribution in [3.63, 3.8) is 0 Å². The Morgan fingerprint density at radius 1 is 1.50 bits per heavy atom. The molecule has 1 aromatic rings. The van der Waals surface area contributed by atoms with Crippen LogP contribution in [0, 0.1) is 5.92 Å². The molecule has 2 N–H and O–H groups in total. The highest BCUT2D eigenvalue weighted by atomic mass is 35.5. The summed E-state index contributed by atoms with van der Waals surface area (Å²) < 4.78 is 0. The molecule has 0 aliphatic rings. The molecule has 1 aromatic carbocycles. The maximum absolute atomic E-state index is 11.4. The van der Waals surface area contributed by atoms with Crippen LogP contribution >= 0.6 is 11.6 Å². The molecule has 0 saturated heterocycles. The zero-order valence-electron chi connectivity index (χ0n) is 9.89. The lowest BCUT2D eigenvalue weighted by molar-refractivity contribution is -0.141. The summed E-state index contributed by atoms with van der Waals surface area (Å²) in [6.07, 6.45) is 2.97. The fraction of sp³-hybridized carbons (Fsp3) is 0.231. The van der Waals surface area contributed by atoms with Crippen molar-refractivity contribution in [2.24, 2.45) is 5.92 Å². The molecule has 0 bridgehead atoms. The van der Waals surface area contributed by atoms with Crippen LogP contribution in [0.15, 0.2) is 30.3 Å². The molecule has 1 atom stereocenters. The normalized spacial score (nSPS) is 12.3. The molecule has 1 amide bonds.